The van der Waals surface area contributed by atoms with Gasteiger partial charge in [-0.15, -0.1) is 0 Å². The molecular weight excluding hydrogens is 679 g/mol. The van der Waals surface area contributed by atoms with Crippen molar-refractivity contribution < 1.29 is 88.1 Å². The van der Waals surface area contributed by atoms with Gasteiger partial charge in [-0.25, -0.2) is 0 Å². The molecule has 0 fully saturated rings. The highest BCUT2D eigenvalue weighted by Gasteiger charge is 2.90. The van der Waals surface area contributed by atoms with E-state index in [9.17, 15) is 57.1 Å². The van der Waals surface area contributed by atoms with Crippen molar-refractivity contribution in [3.05, 3.63) is 0 Å². The summed E-state index contributed by atoms with van der Waals surface area (Å²) in [5, 5.41) is 0. The van der Waals surface area contributed by atoms with Crippen LogP contribution in [0.25, 0.3) is 0 Å². The van der Waals surface area contributed by atoms with E-state index in [4.69, 9.17) is 31.0 Å². The SMILES string of the molecule is CCO[Si](CCC(F)(F)C(F)(F)C(F)(F)C(F)(F)C(F)(F)C(F)(F)F)(OCC)OCC.CCO[Si](OCC)(OCC)OCC. The molecule has 0 rings (SSSR count). The Morgan fingerprint density at radius 2 is 0.659 bits per heavy atom. The molecule has 0 N–H and O–H groups in total. The van der Waals surface area contributed by atoms with E-state index in [1.807, 2.05) is 27.7 Å². The van der Waals surface area contributed by atoms with Gasteiger partial charge in [-0.3, -0.25) is 0 Å². The van der Waals surface area contributed by atoms with Crippen molar-refractivity contribution in [2.45, 2.75) is 96.7 Å². The molecule has 0 amide bonds. The minimum atomic E-state index is -7.92. The Kier molecular flexibility index (Phi) is 18.5. The Labute approximate surface area is 249 Å². The topological polar surface area (TPSA) is 64.6 Å². The van der Waals surface area contributed by atoms with Crippen molar-refractivity contribution >= 4 is 17.9 Å². The number of halogens is 13. The quantitative estimate of drug-likeness (QED) is 0.0890. The number of hydrogen-bond donors (Lipinski definition) is 0. The molecule has 44 heavy (non-hydrogen) atoms. The van der Waals surface area contributed by atoms with Crippen LogP contribution in [0, 0.1) is 0 Å². The zero-order valence-corrected chi connectivity index (χ0v) is 27.1. The fraction of sp³-hybridized carbons (Fsp3) is 1.00. The lowest BCUT2D eigenvalue weighted by Crippen LogP contribution is -2.70. The molecule has 7 nitrogen and oxygen atoms in total. The molecule has 0 unspecified atom stereocenters. The van der Waals surface area contributed by atoms with Crippen molar-refractivity contribution in [3.8, 4) is 0 Å². The van der Waals surface area contributed by atoms with Crippen LogP contribution in [0.5, 0.6) is 0 Å². The van der Waals surface area contributed by atoms with Crippen LogP contribution in [0.15, 0.2) is 0 Å². The standard InChI is InChI=1S/C14H19F13O3Si.C8H20O4Si/c1-4-28-31(29-5-2,30-6-3)8-7-9(15,16)10(17,18)11(19,20)12(21,22)13(23,24)14(25,26)27;1-5-9-13(10-6-2,11-7-3)12-8-4/h4-8H2,1-3H3;5-8H2,1-4H3. The van der Waals surface area contributed by atoms with Gasteiger partial charge < -0.3 is 31.0 Å². The second kappa shape index (κ2) is 18.0. The molecular formula is C22H39F13O7Si2. The molecule has 0 spiro atoms. The third-order valence-corrected chi connectivity index (χ3v) is 10.7. The van der Waals surface area contributed by atoms with Gasteiger partial charge in [0.1, 0.15) is 0 Å². The van der Waals surface area contributed by atoms with Gasteiger partial charge in [-0.2, -0.15) is 57.1 Å². The van der Waals surface area contributed by atoms with E-state index in [1.54, 1.807) is 0 Å². The monoisotopic (exact) mass is 718 g/mol. The van der Waals surface area contributed by atoms with Crippen molar-refractivity contribution in [2.24, 2.45) is 0 Å². The lowest BCUT2D eigenvalue weighted by Gasteiger charge is -2.40. The average Bonchev–Trinajstić information content (AvgIpc) is 2.88. The van der Waals surface area contributed by atoms with Gasteiger partial charge in [0.2, 0.25) is 0 Å². The summed E-state index contributed by atoms with van der Waals surface area (Å²) in [5.41, 5.74) is 0. The highest BCUT2D eigenvalue weighted by atomic mass is 28.4. The van der Waals surface area contributed by atoms with Crippen LogP contribution in [0.2, 0.25) is 6.04 Å². The maximum absolute atomic E-state index is 13.9. The Balaban J connectivity index is 0. The minimum Gasteiger partial charge on any atom is -0.374 e. The second-order valence-corrected chi connectivity index (χ2v) is 13.1. The van der Waals surface area contributed by atoms with Crippen LogP contribution >= 0.6 is 0 Å². The third kappa shape index (κ3) is 10.6. The molecule has 0 aromatic heterocycles. The van der Waals surface area contributed by atoms with Gasteiger partial charge in [0.25, 0.3) is 0 Å². The van der Waals surface area contributed by atoms with Gasteiger partial charge in [-0.05, 0) is 48.5 Å². The summed E-state index contributed by atoms with van der Waals surface area (Å²) < 4.78 is 207. The molecule has 0 aliphatic rings. The van der Waals surface area contributed by atoms with Gasteiger partial charge >= 0.3 is 53.6 Å². The van der Waals surface area contributed by atoms with E-state index < -0.39 is 66.1 Å². The maximum Gasteiger partial charge on any atom is 0.679 e. The summed E-state index contributed by atoms with van der Waals surface area (Å²) in [6.07, 6.45) is -9.85. The normalized spacial score (nSPS) is 14.5. The summed E-state index contributed by atoms with van der Waals surface area (Å²) >= 11 is 0. The first-order chi connectivity index (χ1) is 19.9. The Hall–Kier alpha value is -0.756. The Morgan fingerprint density at radius 1 is 0.386 bits per heavy atom. The van der Waals surface area contributed by atoms with E-state index in [0.29, 0.717) is 26.4 Å². The minimum absolute atomic E-state index is 0.291. The number of rotatable bonds is 21. The molecule has 268 valence electrons. The molecule has 0 bridgehead atoms. The molecule has 0 aliphatic heterocycles. The first-order valence-electron chi connectivity index (χ1n) is 13.3. The van der Waals surface area contributed by atoms with E-state index in [2.05, 4.69) is 0 Å². The van der Waals surface area contributed by atoms with Gasteiger partial charge in [-0.1, -0.05) is 0 Å². The van der Waals surface area contributed by atoms with Crippen LogP contribution in [-0.2, 0) is 31.0 Å². The molecule has 0 aromatic rings. The smallest absolute Gasteiger partial charge is 0.374 e. The molecule has 0 aromatic carbocycles. The van der Waals surface area contributed by atoms with Gasteiger partial charge in [0.15, 0.2) is 0 Å². The fourth-order valence-electron chi connectivity index (χ4n) is 3.23. The first-order valence-corrected chi connectivity index (χ1v) is 16.9. The highest BCUT2D eigenvalue weighted by molar-refractivity contribution is 6.60. The largest absolute Gasteiger partial charge is 0.679 e. The fourth-order valence-corrected chi connectivity index (χ4v) is 7.76. The molecule has 22 heteroatoms. The summed E-state index contributed by atoms with van der Waals surface area (Å²) in [6, 6.07) is -1.36. The van der Waals surface area contributed by atoms with Crippen molar-refractivity contribution in [1.29, 1.82) is 0 Å². The highest BCUT2D eigenvalue weighted by Crippen LogP contribution is 2.61. The lowest BCUT2D eigenvalue weighted by molar-refractivity contribution is -0.440. The first kappa shape index (κ1) is 45.4. The van der Waals surface area contributed by atoms with Crippen LogP contribution in [0.3, 0.4) is 0 Å². The van der Waals surface area contributed by atoms with Crippen molar-refractivity contribution in [3.63, 3.8) is 0 Å². The maximum atomic E-state index is 13.9. The van der Waals surface area contributed by atoms with Crippen LogP contribution in [0.1, 0.15) is 54.9 Å². The van der Waals surface area contributed by atoms with Crippen molar-refractivity contribution in [2.75, 3.05) is 46.2 Å². The van der Waals surface area contributed by atoms with Gasteiger partial charge in [0.05, 0.1) is 0 Å². The molecule has 0 saturated carbocycles. The summed E-state index contributed by atoms with van der Waals surface area (Å²) in [6.45, 7) is 12.8. The summed E-state index contributed by atoms with van der Waals surface area (Å²) in [4.78, 5) is 0. The van der Waals surface area contributed by atoms with Crippen LogP contribution in [-0.4, -0.2) is 99.9 Å². The average molecular weight is 719 g/mol. The molecule has 0 radical (unpaired) electrons. The summed E-state index contributed by atoms with van der Waals surface area (Å²) in [5.74, 6) is -37.0. The second-order valence-electron chi connectivity index (χ2n) is 8.21. The van der Waals surface area contributed by atoms with Crippen LogP contribution in [0.4, 0.5) is 57.1 Å². The zero-order chi connectivity index (χ0) is 35.3. The third-order valence-electron chi connectivity index (χ3n) is 5.12. The van der Waals surface area contributed by atoms with E-state index in [0.717, 1.165) is 0 Å². The molecule has 0 saturated heterocycles. The Bertz CT molecular complexity index is 760. The zero-order valence-electron chi connectivity index (χ0n) is 25.1. The Morgan fingerprint density at radius 3 is 0.909 bits per heavy atom. The summed E-state index contributed by atoms with van der Waals surface area (Å²) in [7, 11) is -7.03. The molecule has 0 heterocycles. The predicted octanol–water partition coefficient (Wildman–Crippen LogP) is 7.73. The van der Waals surface area contributed by atoms with Crippen LogP contribution < -0.4 is 0 Å². The van der Waals surface area contributed by atoms with Gasteiger partial charge in [0, 0.05) is 58.7 Å². The van der Waals surface area contributed by atoms with Crippen molar-refractivity contribution in [1.82, 2.24) is 0 Å². The molecule has 0 atom stereocenters. The number of hydrogen-bond acceptors (Lipinski definition) is 7. The van der Waals surface area contributed by atoms with E-state index >= 15 is 0 Å². The number of alkyl halides is 13. The molecule has 0 aliphatic carbocycles. The van der Waals surface area contributed by atoms with E-state index in [-0.39, 0.29) is 19.8 Å². The van der Waals surface area contributed by atoms with E-state index in [1.165, 1.54) is 20.8 Å². The predicted molar refractivity (Wildman–Crippen MR) is 133 cm³/mol. The lowest BCUT2D eigenvalue weighted by atomic mass is 9.93.